The van der Waals surface area contributed by atoms with Gasteiger partial charge in [0.25, 0.3) is 11.1 Å². The highest BCUT2D eigenvalue weighted by molar-refractivity contribution is 6.30. The van der Waals surface area contributed by atoms with Crippen molar-refractivity contribution in [3.8, 4) is 11.4 Å². The normalized spacial score (nSPS) is 19.8. The predicted molar refractivity (Wildman–Crippen MR) is 169 cm³/mol. The summed E-state index contributed by atoms with van der Waals surface area (Å²) in [5.41, 5.74) is 0.959. The van der Waals surface area contributed by atoms with Gasteiger partial charge in [-0.25, -0.2) is 0 Å². The van der Waals surface area contributed by atoms with Crippen LogP contribution in [-0.2, 0) is 27.5 Å². The second-order valence-electron chi connectivity index (χ2n) is 11.0. The number of H-pyrrole nitrogens is 1. The number of benzene rings is 1. The zero-order valence-corrected chi connectivity index (χ0v) is 25.3. The smallest absolute Gasteiger partial charge is 0.313 e. The molecular formula is C33H34ClN5O6. The number of piperidine rings is 1. The fourth-order valence-corrected chi connectivity index (χ4v) is 5.75. The fraction of sp³-hybridized carbons (Fsp3) is 0.333. The highest BCUT2D eigenvalue weighted by Crippen LogP contribution is 2.29. The number of carbonyl (C=O) groups is 1. The van der Waals surface area contributed by atoms with Gasteiger partial charge < -0.3 is 29.4 Å². The Kier molecular flexibility index (Phi) is 9.58. The van der Waals surface area contributed by atoms with Gasteiger partial charge in [0.15, 0.2) is 0 Å². The van der Waals surface area contributed by atoms with Crippen molar-refractivity contribution >= 4 is 23.4 Å². The molecule has 0 bridgehead atoms. The second-order valence-corrected chi connectivity index (χ2v) is 11.5. The van der Waals surface area contributed by atoms with E-state index in [4.69, 9.17) is 25.8 Å². The Bertz CT molecular complexity index is 1730. The number of halogens is 1. The van der Waals surface area contributed by atoms with Gasteiger partial charge in [0.1, 0.15) is 36.7 Å². The monoisotopic (exact) mass is 631 g/mol. The number of anilines is 1. The highest BCUT2D eigenvalue weighted by Gasteiger charge is 2.37. The van der Waals surface area contributed by atoms with E-state index in [2.05, 4.69) is 15.3 Å². The minimum Gasteiger partial charge on any atom is -0.487 e. The molecule has 6 rings (SSSR count). The highest BCUT2D eigenvalue weighted by atomic mass is 35.5. The maximum absolute atomic E-state index is 13.2. The molecule has 2 N–H and O–H groups in total. The summed E-state index contributed by atoms with van der Waals surface area (Å²) < 4.78 is 19.1. The largest absolute Gasteiger partial charge is 0.487 e. The molecule has 0 radical (unpaired) electrons. The van der Waals surface area contributed by atoms with Crippen LogP contribution in [0.5, 0.6) is 5.75 Å². The molecule has 0 saturated carbocycles. The van der Waals surface area contributed by atoms with Gasteiger partial charge in [0.2, 0.25) is 0 Å². The Labute approximate surface area is 264 Å². The van der Waals surface area contributed by atoms with Crippen LogP contribution in [-0.4, -0.2) is 52.5 Å². The number of ether oxygens (including phenoxy) is 3. The fourth-order valence-electron chi connectivity index (χ4n) is 5.63. The minimum absolute atomic E-state index is 0.169. The predicted octanol–water partition coefficient (Wildman–Crippen LogP) is 3.82. The molecule has 3 unspecified atom stereocenters. The standard InChI is InChI=1S/C33H34ClN5O6/c34-23-8-9-24(36-18-23)21-43-25-13-16-38(30(40)17-25)27-10-11-29(37-32(27)41)39-15-4-7-31(39)45-28-12-14-35-19-26(28)33(42)44-20-22-5-2-1-3-6-22/h1-3,5-6,8-11,13,16-18,26,28,31,35H,4,7,12,14-15,19-21H2,(H,37,41). The third kappa shape index (κ3) is 7.44. The van der Waals surface area contributed by atoms with Crippen LogP contribution in [0.25, 0.3) is 5.69 Å². The van der Waals surface area contributed by atoms with Gasteiger partial charge in [-0.05, 0) is 61.7 Å². The molecule has 11 nitrogen and oxygen atoms in total. The Morgan fingerprint density at radius 3 is 2.67 bits per heavy atom. The van der Waals surface area contributed by atoms with E-state index in [0.29, 0.717) is 41.8 Å². The molecule has 234 valence electrons. The zero-order valence-electron chi connectivity index (χ0n) is 24.6. The molecule has 4 aromatic rings. The van der Waals surface area contributed by atoms with Crippen LogP contribution in [0.3, 0.4) is 0 Å². The third-order valence-electron chi connectivity index (χ3n) is 7.98. The first-order chi connectivity index (χ1) is 21.9. The van der Waals surface area contributed by atoms with Crippen LogP contribution in [0.1, 0.15) is 30.5 Å². The summed E-state index contributed by atoms with van der Waals surface area (Å²) >= 11 is 5.87. The quantitative estimate of drug-likeness (QED) is 0.251. The van der Waals surface area contributed by atoms with E-state index in [1.807, 2.05) is 35.2 Å². The number of esters is 1. The summed E-state index contributed by atoms with van der Waals surface area (Å²) in [6, 6.07) is 19.4. The lowest BCUT2D eigenvalue weighted by molar-refractivity contribution is -0.159. The van der Waals surface area contributed by atoms with Crippen molar-refractivity contribution in [3.05, 3.63) is 116 Å². The summed E-state index contributed by atoms with van der Waals surface area (Å²) in [5, 5.41) is 3.81. The van der Waals surface area contributed by atoms with Gasteiger partial charge in [-0.3, -0.25) is 23.9 Å². The Morgan fingerprint density at radius 2 is 1.89 bits per heavy atom. The van der Waals surface area contributed by atoms with E-state index in [1.165, 1.54) is 23.0 Å². The number of aromatic nitrogens is 3. The van der Waals surface area contributed by atoms with E-state index in [1.54, 1.807) is 30.3 Å². The van der Waals surface area contributed by atoms with Crippen molar-refractivity contribution in [1.82, 2.24) is 19.9 Å². The number of hydrogen-bond donors (Lipinski definition) is 2. The van der Waals surface area contributed by atoms with Crippen molar-refractivity contribution in [2.24, 2.45) is 5.92 Å². The third-order valence-corrected chi connectivity index (χ3v) is 8.21. The maximum atomic E-state index is 13.2. The van der Waals surface area contributed by atoms with Crippen LogP contribution in [0.2, 0.25) is 5.02 Å². The molecule has 1 aromatic carbocycles. The van der Waals surface area contributed by atoms with Crippen molar-refractivity contribution in [3.63, 3.8) is 0 Å². The van der Waals surface area contributed by atoms with E-state index in [9.17, 15) is 14.4 Å². The summed E-state index contributed by atoms with van der Waals surface area (Å²) in [6.45, 7) is 2.28. The molecule has 0 aliphatic carbocycles. The minimum atomic E-state index is -0.437. The summed E-state index contributed by atoms with van der Waals surface area (Å²) in [5.74, 6) is 0.222. The number of nitrogens with one attached hydrogen (secondary N) is 2. The topological polar surface area (TPSA) is 128 Å². The van der Waals surface area contributed by atoms with Crippen LogP contribution in [0.15, 0.2) is 88.7 Å². The molecular weight excluding hydrogens is 598 g/mol. The van der Waals surface area contributed by atoms with Crippen molar-refractivity contribution in [2.75, 3.05) is 24.5 Å². The van der Waals surface area contributed by atoms with Gasteiger partial charge in [0.05, 0.1) is 22.7 Å². The Hall–Kier alpha value is -4.45. The maximum Gasteiger partial charge on any atom is 0.313 e. The first kappa shape index (κ1) is 30.6. The lowest BCUT2D eigenvalue weighted by Gasteiger charge is -2.35. The van der Waals surface area contributed by atoms with Crippen LogP contribution in [0.4, 0.5) is 5.82 Å². The molecule has 12 heteroatoms. The van der Waals surface area contributed by atoms with E-state index < -0.39 is 17.0 Å². The lowest BCUT2D eigenvalue weighted by atomic mass is 9.96. The van der Waals surface area contributed by atoms with Crippen molar-refractivity contribution in [2.45, 2.75) is 44.8 Å². The van der Waals surface area contributed by atoms with Gasteiger partial charge in [0, 0.05) is 31.5 Å². The van der Waals surface area contributed by atoms with Gasteiger partial charge in [-0.1, -0.05) is 41.9 Å². The molecule has 2 saturated heterocycles. The Morgan fingerprint density at radius 1 is 1.02 bits per heavy atom. The molecule has 45 heavy (non-hydrogen) atoms. The molecule has 2 aliphatic heterocycles. The van der Waals surface area contributed by atoms with Crippen LogP contribution < -0.4 is 26.1 Å². The van der Waals surface area contributed by atoms with E-state index in [-0.39, 0.29) is 37.2 Å². The van der Waals surface area contributed by atoms with Gasteiger partial charge in [-0.2, -0.15) is 0 Å². The second kappa shape index (κ2) is 14.1. The number of rotatable bonds is 10. The molecule has 0 amide bonds. The summed E-state index contributed by atoms with van der Waals surface area (Å²) in [6.07, 6.45) is 4.70. The number of aromatic amines is 1. The zero-order chi connectivity index (χ0) is 31.2. The average Bonchev–Trinajstić information content (AvgIpc) is 3.52. The van der Waals surface area contributed by atoms with Crippen LogP contribution >= 0.6 is 11.6 Å². The van der Waals surface area contributed by atoms with Crippen LogP contribution in [0, 0.1) is 5.92 Å². The number of nitrogens with zero attached hydrogens (tertiary/aromatic N) is 3. The molecule has 5 heterocycles. The van der Waals surface area contributed by atoms with Gasteiger partial charge in [-0.15, -0.1) is 0 Å². The number of pyridine rings is 3. The van der Waals surface area contributed by atoms with E-state index in [0.717, 1.165) is 24.9 Å². The summed E-state index contributed by atoms with van der Waals surface area (Å²) in [7, 11) is 0. The molecule has 3 atom stereocenters. The SMILES string of the molecule is O=C(OCc1ccccc1)C1CNCCC1OC1CCCN1c1ccc(-n2ccc(OCc3ccc(Cl)cn3)cc2=O)c(=O)[nH]1. The molecule has 3 aromatic heterocycles. The first-order valence-electron chi connectivity index (χ1n) is 15.0. The lowest BCUT2D eigenvalue weighted by Crippen LogP contribution is -2.48. The van der Waals surface area contributed by atoms with E-state index >= 15 is 0 Å². The Balaban J connectivity index is 1.11. The first-order valence-corrected chi connectivity index (χ1v) is 15.4. The number of hydrogen-bond acceptors (Lipinski definition) is 9. The average molecular weight is 632 g/mol. The molecule has 2 aliphatic rings. The van der Waals surface area contributed by atoms with Crippen molar-refractivity contribution in [1.29, 1.82) is 0 Å². The van der Waals surface area contributed by atoms with Gasteiger partial charge >= 0.3 is 5.97 Å². The molecule has 0 spiro atoms. The van der Waals surface area contributed by atoms with Crippen molar-refractivity contribution < 1.29 is 19.0 Å². The number of carbonyl (C=O) groups excluding carboxylic acids is 1. The summed E-state index contributed by atoms with van der Waals surface area (Å²) in [4.78, 5) is 48.2. The molecule has 2 fully saturated rings.